The number of hydrogen-bond acceptors (Lipinski definition) is 3. The molecule has 0 aliphatic carbocycles. The third-order valence-corrected chi connectivity index (χ3v) is 3.26. The normalized spacial score (nSPS) is 25.6. The average molecular weight is 254 g/mol. The van der Waals surface area contributed by atoms with Crippen LogP contribution in [-0.4, -0.2) is 48.5 Å². The first-order valence-electron chi connectivity index (χ1n) is 5.87. The number of rotatable bonds is 3. The van der Waals surface area contributed by atoms with Gasteiger partial charge in [-0.1, -0.05) is 6.92 Å². The zero-order chi connectivity index (χ0) is 13.3. The molecule has 0 saturated carbocycles. The van der Waals surface area contributed by atoms with Gasteiger partial charge in [0, 0.05) is 18.1 Å². The predicted octanol–water partition coefficient (Wildman–Crippen LogP) is 1.77. The van der Waals surface area contributed by atoms with Crippen LogP contribution in [0.25, 0.3) is 0 Å². The minimum Gasteiger partial charge on any atom is -0.378 e. The van der Waals surface area contributed by atoms with E-state index in [9.17, 15) is 13.2 Å². The zero-order valence-electron chi connectivity index (χ0n) is 10.5. The molecule has 2 unspecified atom stereocenters. The van der Waals surface area contributed by atoms with E-state index in [0.29, 0.717) is 19.6 Å². The molecule has 1 saturated heterocycles. The van der Waals surface area contributed by atoms with Crippen molar-refractivity contribution < 1.29 is 17.9 Å². The standard InChI is InChI=1S/C11H21F3N2O/c1-4-8(15)9(11(12,13)14)16-5-6-17-7-10(16,2)3/h8-9H,4-7,15H2,1-3H3. The highest BCUT2D eigenvalue weighted by Gasteiger charge is 2.51. The van der Waals surface area contributed by atoms with Crippen molar-refractivity contribution in [1.29, 1.82) is 0 Å². The number of hydrogen-bond donors (Lipinski definition) is 1. The fraction of sp³-hybridized carbons (Fsp3) is 1.00. The van der Waals surface area contributed by atoms with Gasteiger partial charge in [-0.2, -0.15) is 13.2 Å². The van der Waals surface area contributed by atoms with E-state index in [-0.39, 0.29) is 6.54 Å². The largest absolute Gasteiger partial charge is 0.405 e. The molecular weight excluding hydrogens is 233 g/mol. The summed E-state index contributed by atoms with van der Waals surface area (Å²) in [6.07, 6.45) is -4.00. The van der Waals surface area contributed by atoms with Gasteiger partial charge < -0.3 is 10.5 Å². The summed E-state index contributed by atoms with van der Waals surface area (Å²) in [6, 6.07) is -2.49. The summed E-state index contributed by atoms with van der Waals surface area (Å²) in [5.74, 6) is 0. The number of nitrogens with two attached hydrogens (primary N) is 1. The molecule has 102 valence electrons. The molecule has 2 N–H and O–H groups in total. The molecule has 0 radical (unpaired) electrons. The van der Waals surface area contributed by atoms with Crippen LogP contribution in [0.5, 0.6) is 0 Å². The van der Waals surface area contributed by atoms with Crippen molar-refractivity contribution in [2.24, 2.45) is 5.73 Å². The van der Waals surface area contributed by atoms with Crippen LogP contribution in [0.2, 0.25) is 0 Å². The van der Waals surface area contributed by atoms with E-state index in [1.54, 1.807) is 20.8 Å². The fourth-order valence-corrected chi connectivity index (χ4v) is 2.26. The Balaban J connectivity index is 2.96. The Morgan fingerprint density at radius 3 is 2.41 bits per heavy atom. The number of alkyl halides is 3. The molecule has 17 heavy (non-hydrogen) atoms. The Bertz CT molecular complexity index is 256. The Labute approximate surface area is 100 Å². The van der Waals surface area contributed by atoms with Crippen LogP contribution < -0.4 is 5.73 Å². The van der Waals surface area contributed by atoms with E-state index in [2.05, 4.69) is 0 Å². The van der Waals surface area contributed by atoms with Crippen LogP contribution in [-0.2, 0) is 4.74 Å². The van der Waals surface area contributed by atoms with E-state index in [1.807, 2.05) is 0 Å². The third-order valence-electron chi connectivity index (χ3n) is 3.26. The molecule has 1 aliphatic rings. The van der Waals surface area contributed by atoms with Crippen molar-refractivity contribution in [3.05, 3.63) is 0 Å². The van der Waals surface area contributed by atoms with E-state index in [1.165, 1.54) is 4.90 Å². The second-order valence-electron chi connectivity index (χ2n) is 5.12. The molecule has 1 heterocycles. The van der Waals surface area contributed by atoms with Gasteiger partial charge in [0.25, 0.3) is 0 Å². The SMILES string of the molecule is CCC(N)C(N1CCOCC1(C)C)C(F)(F)F. The second-order valence-corrected chi connectivity index (χ2v) is 5.12. The Morgan fingerprint density at radius 2 is 2.00 bits per heavy atom. The molecule has 0 spiro atoms. The molecule has 6 heteroatoms. The quantitative estimate of drug-likeness (QED) is 0.834. The van der Waals surface area contributed by atoms with Crippen LogP contribution in [0.4, 0.5) is 13.2 Å². The lowest BCUT2D eigenvalue weighted by Gasteiger charge is -2.48. The number of morpholine rings is 1. The lowest BCUT2D eigenvalue weighted by molar-refractivity contribution is -0.218. The van der Waals surface area contributed by atoms with Crippen molar-refractivity contribution in [2.45, 2.75) is 51.0 Å². The molecular formula is C11H21F3N2O. The van der Waals surface area contributed by atoms with Gasteiger partial charge in [-0.25, -0.2) is 0 Å². The van der Waals surface area contributed by atoms with Gasteiger partial charge in [0.2, 0.25) is 0 Å². The van der Waals surface area contributed by atoms with Gasteiger partial charge in [0.1, 0.15) is 6.04 Å². The topological polar surface area (TPSA) is 38.5 Å². The van der Waals surface area contributed by atoms with Crippen molar-refractivity contribution >= 4 is 0 Å². The maximum absolute atomic E-state index is 13.1. The van der Waals surface area contributed by atoms with Crippen LogP contribution in [0, 0.1) is 0 Å². The minimum absolute atomic E-state index is 0.269. The van der Waals surface area contributed by atoms with Crippen LogP contribution in [0.1, 0.15) is 27.2 Å². The van der Waals surface area contributed by atoms with Crippen LogP contribution >= 0.6 is 0 Å². The molecule has 1 fully saturated rings. The van der Waals surface area contributed by atoms with Crippen LogP contribution in [0.3, 0.4) is 0 Å². The third kappa shape index (κ3) is 3.33. The molecule has 0 amide bonds. The summed E-state index contributed by atoms with van der Waals surface area (Å²) in [5, 5.41) is 0. The molecule has 0 aromatic carbocycles. The Hall–Kier alpha value is -0.330. The van der Waals surface area contributed by atoms with Crippen molar-refractivity contribution in [3.8, 4) is 0 Å². The minimum atomic E-state index is -4.30. The summed E-state index contributed by atoms with van der Waals surface area (Å²) in [5.41, 5.74) is 5.02. The van der Waals surface area contributed by atoms with Gasteiger partial charge in [0.15, 0.2) is 0 Å². The monoisotopic (exact) mass is 254 g/mol. The molecule has 0 bridgehead atoms. The molecule has 0 aromatic heterocycles. The van der Waals surface area contributed by atoms with Gasteiger partial charge in [-0.15, -0.1) is 0 Å². The van der Waals surface area contributed by atoms with Crippen molar-refractivity contribution in [3.63, 3.8) is 0 Å². The van der Waals surface area contributed by atoms with E-state index >= 15 is 0 Å². The molecule has 2 atom stereocenters. The predicted molar refractivity (Wildman–Crippen MR) is 59.7 cm³/mol. The highest BCUT2D eigenvalue weighted by atomic mass is 19.4. The lowest BCUT2D eigenvalue weighted by Crippen LogP contribution is -2.65. The number of halogens is 3. The summed E-state index contributed by atoms with van der Waals surface area (Å²) in [6.45, 7) is 6.09. The summed E-state index contributed by atoms with van der Waals surface area (Å²) < 4.78 is 44.6. The summed E-state index contributed by atoms with van der Waals surface area (Å²) in [7, 11) is 0. The van der Waals surface area contributed by atoms with Crippen LogP contribution in [0.15, 0.2) is 0 Å². The average Bonchev–Trinajstić information content (AvgIpc) is 2.18. The number of ether oxygens (including phenoxy) is 1. The fourth-order valence-electron chi connectivity index (χ4n) is 2.26. The number of nitrogens with zero attached hydrogens (tertiary/aromatic N) is 1. The molecule has 1 aliphatic heterocycles. The van der Waals surface area contributed by atoms with Gasteiger partial charge >= 0.3 is 6.18 Å². The summed E-state index contributed by atoms with van der Waals surface area (Å²) in [4.78, 5) is 1.44. The summed E-state index contributed by atoms with van der Waals surface area (Å²) >= 11 is 0. The first kappa shape index (κ1) is 14.7. The lowest BCUT2D eigenvalue weighted by atomic mass is 9.95. The molecule has 1 rings (SSSR count). The first-order valence-corrected chi connectivity index (χ1v) is 5.87. The van der Waals surface area contributed by atoms with Crippen molar-refractivity contribution in [1.82, 2.24) is 4.90 Å². The second kappa shape index (κ2) is 5.12. The van der Waals surface area contributed by atoms with E-state index in [4.69, 9.17) is 10.5 Å². The highest BCUT2D eigenvalue weighted by Crippen LogP contribution is 2.33. The Morgan fingerprint density at radius 1 is 1.41 bits per heavy atom. The van der Waals surface area contributed by atoms with E-state index < -0.39 is 23.8 Å². The maximum Gasteiger partial charge on any atom is 0.405 e. The Kier molecular flexibility index (Phi) is 4.43. The first-order chi connectivity index (χ1) is 7.70. The van der Waals surface area contributed by atoms with Gasteiger partial charge in [0.05, 0.1) is 13.2 Å². The molecule has 3 nitrogen and oxygen atoms in total. The van der Waals surface area contributed by atoms with Crippen molar-refractivity contribution in [2.75, 3.05) is 19.8 Å². The van der Waals surface area contributed by atoms with E-state index in [0.717, 1.165) is 0 Å². The van der Waals surface area contributed by atoms with Gasteiger partial charge in [-0.05, 0) is 20.3 Å². The molecule has 0 aromatic rings. The van der Waals surface area contributed by atoms with Gasteiger partial charge in [-0.3, -0.25) is 4.90 Å². The zero-order valence-corrected chi connectivity index (χ0v) is 10.5. The smallest absolute Gasteiger partial charge is 0.378 e. The highest BCUT2D eigenvalue weighted by molar-refractivity contribution is 4.96. The maximum atomic E-state index is 13.1.